The highest BCUT2D eigenvalue weighted by Gasteiger charge is 2.48. The maximum absolute atomic E-state index is 12.0. The number of hydrogen-bond acceptors (Lipinski definition) is 2. The molecule has 108 valence electrons. The highest BCUT2D eigenvalue weighted by atomic mass is 16.6. The first-order chi connectivity index (χ1) is 9.09. The average molecular weight is 264 g/mol. The first kappa shape index (κ1) is 14.6. The lowest BCUT2D eigenvalue weighted by Gasteiger charge is -2.49. The van der Waals surface area contributed by atoms with Crippen LogP contribution in [0.15, 0.2) is 12.2 Å². The summed E-state index contributed by atoms with van der Waals surface area (Å²) in [7, 11) is 0. The van der Waals surface area contributed by atoms with Crippen molar-refractivity contribution in [2.24, 2.45) is 11.8 Å². The van der Waals surface area contributed by atoms with Crippen molar-refractivity contribution < 1.29 is 9.53 Å². The number of fused-ring (bicyclic) bond motifs is 1. The zero-order valence-electron chi connectivity index (χ0n) is 12.5. The molecule has 0 aromatic rings. The van der Waals surface area contributed by atoms with Gasteiger partial charge in [-0.3, -0.25) is 0 Å². The summed E-state index contributed by atoms with van der Waals surface area (Å²) >= 11 is 0. The van der Waals surface area contributed by atoms with Gasteiger partial charge in [0.2, 0.25) is 0 Å². The van der Waals surface area contributed by atoms with Crippen LogP contribution >= 0.6 is 0 Å². The first-order valence-corrected chi connectivity index (χ1v) is 7.98. The van der Waals surface area contributed by atoms with Gasteiger partial charge in [-0.2, -0.15) is 0 Å². The summed E-state index contributed by atoms with van der Waals surface area (Å²) in [4.78, 5) is 12.0. The smallest absolute Gasteiger partial charge is 0.333 e. The van der Waals surface area contributed by atoms with Crippen molar-refractivity contribution in [2.75, 3.05) is 0 Å². The zero-order valence-corrected chi connectivity index (χ0v) is 12.5. The Kier molecular flexibility index (Phi) is 4.70. The molecule has 2 fully saturated rings. The van der Waals surface area contributed by atoms with Crippen LogP contribution in [-0.4, -0.2) is 11.6 Å². The van der Waals surface area contributed by atoms with Crippen LogP contribution in [0.25, 0.3) is 0 Å². The van der Waals surface area contributed by atoms with Gasteiger partial charge in [0.15, 0.2) is 0 Å². The van der Waals surface area contributed by atoms with Crippen molar-refractivity contribution in [1.29, 1.82) is 0 Å². The fourth-order valence-corrected chi connectivity index (χ4v) is 4.28. The third-order valence-corrected chi connectivity index (χ3v) is 5.08. The number of ether oxygens (including phenoxy) is 1. The zero-order chi connectivity index (χ0) is 13.9. The van der Waals surface area contributed by atoms with E-state index in [4.69, 9.17) is 4.74 Å². The van der Waals surface area contributed by atoms with E-state index in [0.717, 1.165) is 25.2 Å². The second-order valence-corrected chi connectivity index (χ2v) is 6.53. The van der Waals surface area contributed by atoms with E-state index in [1.54, 1.807) is 6.92 Å². The Hall–Kier alpha value is -0.790. The molecule has 3 unspecified atom stereocenters. The van der Waals surface area contributed by atoms with Gasteiger partial charge in [-0.1, -0.05) is 39.2 Å². The van der Waals surface area contributed by atoms with Gasteiger partial charge < -0.3 is 4.74 Å². The van der Waals surface area contributed by atoms with Gasteiger partial charge in [-0.05, 0) is 44.9 Å². The quantitative estimate of drug-likeness (QED) is 0.546. The molecule has 0 N–H and O–H groups in total. The minimum Gasteiger partial charge on any atom is -0.455 e. The lowest BCUT2D eigenvalue weighted by Crippen LogP contribution is -2.49. The molecule has 0 aromatic heterocycles. The average Bonchev–Trinajstić information content (AvgIpc) is 2.39. The molecule has 2 aliphatic rings. The summed E-state index contributed by atoms with van der Waals surface area (Å²) in [6.07, 6.45) is 11.0. The predicted octanol–water partition coefficient (Wildman–Crippen LogP) is 4.63. The Labute approximate surface area is 117 Å². The van der Waals surface area contributed by atoms with Gasteiger partial charge in [0.05, 0.1) is 0 Å². The van der Waals surface area contributed by atoms with Crippen molar-refractivity contribution in [2.45, 2.75) is 77.2 Å². The van der Waals surface area contributed by atoms with Crippen molar-refractivity contribution in [1.82, 2.24) is 0 Å². The fraction of sp³-hybridized carbons (Fsp3) is 0.824. The van der Waals surface area contributed by atoms with Crippen LogP contribution in [0.2, 0.25) is 0 Å². The minimum atomic E-state index is -0.186. The Morgan fingerprint density at radius 3 is 2.63 bits per heavy atom. The maximum atomic E-state index is 12.0. The lowest BCUT2D eigenvalue weighted by atomic mass is 9.61. The van der Waals surface area contributed by atoms with E-state index < -0.39 is 0 Å². The predicted molar refractivity (Wildman–Crippen MR) is 77.8 cm³/mol. The van der Waals surface area contributed by atoms with Crippen LogP contribution in [0.4, 0.5) is 0 Å². The molecule has 2 saturated carbocycles. The summed E-state index contributed by atoms with van der Waals surface area (Å²) in [5.41, 5.74) is 0.349. The highest BCUT2D eigenvalue weighted by Crippen LogP contribution is 2.50. The normalized spacial score (nSPS) is 34.4. The van der Waals surface area contributed by atoms with Crippen LogP contribution in [0.3, 0.4) is 0 Å². The summed E-state index contributed by atoms with van der Waals surface area (Å²) in [5, 5.41) is 0. The van der Waals surface area contributed by atoms with Crippen LogP contribution in [0.1, 0.15) is 71.6 Å². The summed E-state index contributed by atoms with van der Waals surface area (Å²) < 4.78 is 6.01. The van der Waals surface area contributed by atoms with E-state index in [1.807, 2.05) is 0 Å². The van der Waals surface area contributed by atoms with Crippen molar-refractivity contribution >= 4 is 5.97 Å². The van der Waals surface area contributed by atoms with Crippen LogP contribution in [0, 0.1) is 11.8 Å². The maximum Gasteiger partial charge on any atom is 0.333 e. The van der Waals surface area contributed by atoms with Gasteiger partial charge in [-0.15, -0.1) is 0 Å². The second-order valence-electron chi connectivity index (χ2n) is 6.53. The molecule has 2 aliphatic carbocycles. The molecule has 3 atom stereocenters. The van der Waals surface area contributed by atoms with E-state index in [-0.39, 0.29) is 11.6 Å². The Balaban J connectivity index is 2.20. The van der Waals surface area contributed by atoms with Gasteiger partial charge in [0.25, 0.3) is 0 Å². The SMILES string of the molecule is C=C(C)C(=O)OC1(CCC)CCCC2CCCCC21. The Bertz CT molecular complexity index is 341. The van der Waals surface area contributed by atoms with Crippen LogP contribution in [0.5, 0.6) is 0 Å². The topological polar surface area (TPSA) is 26.3 Å². The largest absolute Gasteiger partial charge is 0.455 e. The van der Waals surface area contributed by atoms with E-state index >= 15 is 0 Å². The van der Waals surface area contributed by atoms with Gasteiger partial charge in [-0.25, -0.2) is 4.79 Å². The summed E-state index contributed by atoms with van der Waals surface area (Å²) in [6.45, 7) is 7.69. The summed E-state index contributed by atoms with van der Waals surface area (Å²) in [5.74, 6) is 1.20. The number of carbonyl (C=O) groups excluding carboxylic acids is 1. The highest BCUT2D eigenvalue weighted by molar-refractivity contribution is 5.87. The van der Waals surface area contributed by atoms with E-state index in [0.29, 0.717) is 11.5 Å². The molecular formula is C17H28O2. The molecule has 0 aromatic carbocycles. The van der Waals surface area contributed by atoms with Gasteiger partial charge in [0.1, 0.15) is 5.60 Å². The van der Waals surface area contributed by atoms with Crippen molar-refractivity contribution in [3.8, 4) is 0 Å². The molecule has 0 amide bonds. The van der Waals surface area contributed by atoms with Gasteiger partial charge >= 0.3 is 5.97 Å². The van der Waals surface area contributed by atoms with Crippen LogP contribution in [-0.2, 0) is 9.53 Å². The molecule has 0 aliphatic heterocycles. The molecule has 0 bridgehead atoms. The third kappa shape index (κ3) is 3.04. The molecule has 2 heteroatoms. The molecule has 2 nitrogen and oxygen atoms in total. The second kappa shape index (κ2) is 6.11. The molecular weight excluding hydrogens is 236 g/mol. The molecule has 19 heavy (non-hydrogen) atoms. The minimum absolute atomic E-state index is 0.181. The third-order valence-electron chi connectivity index (χ3n) is 5.08. The number of rotatable bonds is 4. The monoisotopic (exact) mass is 264 g/mol. The number of esters is 1. The molecule has 0 heterocycles. The van der Waals surface area contributed by atoms with E-state index in [1.165, 1.54) is 38.5 Å². The van der Waals surface area contributed by atoms with E-state index in [2.05, 4.69) is 13.5 Å². The lowest BCUT2D eigenvalue weighted by molar-refractivity contribution is -0.175. The Morgan fingerprint density at radius 1 is 1.26 bits per heavy atom. The Morgan fingerprint density at radius 2 is 1.95 bits per heavy atom. The van der Waals surface area contributed by atoms with Crippen molar-refractivity contribution in [3.05, 3.63) is 12.2 Å². The van der Waals surface area contributed by atoms with Gasteiger partial charge in [0, 0.05) is 11.5 Å². The molecule has 0 saturated heterocycles. The number of hydrogen-bond donors (Lipinski definition) is 0. The molecule has 0 spiro atoms. The fourth-order valence-electron chi connectivity index (χ4n) is 4.28. The first-order valence-electron chi connectivity index (χ1n) is 7.98. The molecule has 2 rings (SSSR count). The number of carbonyl (C=O) groups is 1. The van der Waals surface area contributed by atoms with Crippen LogP contribution < -0.4 is 0 Å². The molecule has 0 radical (unpaired) electrons. The van der Waals surface area contributed by atoms with E-state index in [9.17, 15) is 4.79 Å². The van der Waals surface area contributed by atoms with Crippen molar-refractivity contribution in [3.63, 3.8) is 0 Å². The standard InChI is InChI=1S/C17H28O2/c1-4-11-17(19-16(18)13(2)3)12-7-9-14-8-5-6-10-15(14)17/h14-15H,2,4-12H2,1,3H3. The summed E-state index contributed by atoms with van der Waals surface area (Å²) in [6, 6.07) is 0.